The first-order valence-electron chi connectivity index (χ1n) is 6.27. The van der Waals surface area contributed by atoms with Crippen molar-refractivity contribution < 1.29 is 9.90 Å². The number of anilines is 1. The Labute approximate surface area is 110 Å². The van der Waals surface area contributed by atoms with Crippen LogP contribution >= 0.6 is 0 Å². The van der Waals surface area contributed by atoms with Gasteiger partial charge < -0.3 is 10.4 Å². The van der Waals surface area contributed by atoms with Gasteiger partial charge in [-0.05, 0) is 18.6 Å². The minimum Gasteiger partial charge on any atom is -0.481 e. The Morgan fingerprint density at radius 3 is 2.74 bits per heavy atom. The Morgan fingerprint density at radius 2 is 2.05 bits per heavy atom. The molecule has 1 heterocycles. The molecule has 0 saturated carbocycles. The molecule has 1 atom stereocenters. The molecule has 0 aliphatic carbocycles. The lowest BCUT2D eigenvalue weighted by molar-refractivity contribution is -0.137. The van der Waals surface area contributed by atoms with E-state index in [1.165, 1.54) is 0 Å². The number of rotatable bonds is 6. The minimum absolute atomic E-state index is 0.0457. The summed E-state index contributed by atoms with van der Waals surface area (Å²) in [7, 11) is 0. The third-order valence-electron chi connectivity index (χ3n) is 2.75. The molecule has 0 aliphatic heterocycles. The first kappa shape index (κ1) is 13.2. The maximum atomic E-state index is 10.8. The van der Waals surface area contributed by atoms with Gasteiger partial charge in [0.15, 0.2) is 0 Å². The molecule has 2 rings (SSSR count). The number of carboxylic acids is 1. The van der Waals surface area contributed by atoms with Crippen LogP contribution in [-0.4, -0.2) is 32.3 Å². The zero-order chi connectivity index (χ0) is 13.7. The molecule has 0 amide bonds. The zero-order valence-corrected chi connectivity index (χ0v) is 10.7. The fraction of sp³-hybridized carbons (Fsp3) is 0.385. The molecule has 6 heteroatoms. The Hall–Kier alpha value is -2.24. The third kappa shape index (κ3) is 3.61. The molecule has 0 bridgehead atoms. The summed E-state index contributed by atoms with van der Waals surface area (Å²) < 4.78 is 0. The van der Waals surface area contributed by atoms with Crippen molar-refractivity contribution in [2.45, 2.75) is 32.2 Å². The highest BCUT2D eigenvalue weighted by Crippen LogP contribution is 2.12. The van der Waals surface area contributed by atoms with Gasteiger partial charge in [-0.2, -0.15) is 0 Å². The molecule has 1 aromatic heterocycles. The minimum atomic E-state index is -0.834. The van der Waals surface area contributed by atoms with Crippen molar-refractivity contribution in [3.05, 3.63) is 24.3 Å². The number of nitrogens with zero attached hydrogens (tertiary/aromatic N) is 3. The van der Waals surface area contributed by atoms with Crippen molar-refractivity contribution in [3.8, 4) is 0 Å². The normalized spacial score (nSPS) is 12.3. The van der Waals surface area contributed by atoms with Gasteiger partial charge in [0, 0.05) is 6.04 Å². The molecular weight excluding hydrogens is 244 g/mol. The monoisotopic (exact) mass is 260 g/mol. The highest BCUT2D eigenvalue weighted by Gasteiger charge is 2.13. The molecule has 0 saturated heterocycles. The summed E-state index contributed by atoms with van der Waals surface area (Å²) in [4.78, 5) is 15.1. The highest BCUT2D eigenvalue weighted by atomic mass is 16.4. The van der Waals surface area contributed by atoms with Gasteiger partial charge in [-0.3, -0.25) is 4.79 Å². The SMILES string of the molecule is CCCC(CC(=O)O)Nc1nnc2ccccc2n1. The summed E-state index contributed by atoms with van der Waals surface area (Å²) in [5.41, 5.74) is 1.46. The Bertz CT molecular complexity index is 573. The molecule has 2 aromatic rings. The van der Waals surface area contributed by atoms with E-state index in [0.29, 0.717) is 5.95 Å². The second-order valence-corrected chi connectivity index (χ2v) is 4.35. The molecule has 6 nitrogen and oxygen atoms in total. The number of aliphatic carboxylic acids is 1. The van der Waals surface area contributed by atoms with Crippen LogP contribution < -0.4 is 5.32 Å². The number of carboxylic acid groups (broad SMARTS) is 1. The topological polar surface area (TPSA) is 88.0 Å². The number of hydrogen-bond acceptors (Lipinski definition) is 5. The fourth-order valence-electron chi connectivity index (χ4n) is 1.91. The predicted octanol–water partition coefficient (Wildman–Crippen LogP) is 2.08. The maximum absolute atomic E-state index is 10.8. The van der Waals surface area contributed by atoms with Crippen molar-refractivity contribution in [1.29, 1.82) is 0 Å². The number of benzene rings is 1. The van der Waals surface area contributed by atoms with Crippen molar-refractivity contribution in [3.63, 3.8) is 0 Å². The van der Waals surface area contributed by atoms with E-state index in [2.05, 4.69) is 20.5 Å². The molecule has 0 aliphatic rings. The molecule has 100 valence electrons. The van der Waals surface area contributed by atoms with E-state index in [0.717, 1.165) is 23.9 Å². The Kier molecular flexibility index (Phi) is 4.22. The van der Waals surface area contributed by atoms with E-state index in [-0.39, 0.29) is 12.5 Å². The summed E-state index contributed by atoms with van der Waals surface area (Å²) in [6.07, 6.45) is 1.69. The van der Waals surface area contributed by atoms with E-state index >= 15 is 0 Å². The lowest BCUT2D eigenvalue weighted by Crippen LogP contribution is -2.24. The van der Waals surface area contributed by atoms with Crippen LogP contribution in [0.2, 0.25) is 0 Å². The standard InChI is InChI=1S/C13H16N4O2/c1-2-5-9(8-12(18)19)14-13-15-10-6-3-4-7-11(10)16-17-13/h3-4,6-7,9H,2,5,8H2,1H3,(H,18,19)(H,14,15,17). The van der Waals surface area contributed by atoms with E-state index in [1.54, 1.807) is 0 Å². The van der Waals surface area contributed by atoms with Crippen LogP contribution in [0.5, 0.6) is 0 Å². The summed E-state index contributed by atoms with van der Waals surface area (Å²) >= 11 is 0. The molecule has 1 aromatic carbocycles. The van der Waals surface area contributed by atoms with Crippen LogP contribution in [0.25, 0.3) is 11.0 Å². The van der Waals surface area contributed by atoms with E-state index in [4.69, 9.17) is 5.11 Å². The zero-order valence-electron chi connectivity index (χ0n) is 10.7. The number of aromatic nitrogens is 3. The lowest BCUT2D eigenvalue weighted by atomic mass is 10.1. The maximum Gasteiger partial charge on any atom is 0.305 e. The van der Waals surface area contributed by atoms with Crippen LogP contribution in [0.15, 0.2) is 24.3 Å². The smallest absolute Gasteiger partial charge is 0.305 e. The van der Waals surface area contributed by atoms with Gasteiger partial charge in [0.2, 0.25) is 5.95 Å². The average molecular weight is 260 g/mol. The Balaban J connectivity index is 2.16. The van der Waals surface area contributed by atoms with Crippen LogP contribution in [0, 0.1) is 0 Å². The highest BCUT2D eigenvalue weighted by molar-refractivity contribution is 5.74. The van der Waals surface area contributed by atoms with Gasteiger partial charge in [0.05, 0.1) is 11.9 Å². The van der Waals surface area contributed by atoms with Gasteiger partial charge in [-0.25, -0.2) is 4.98 Å². The second kappa shape index (κ2) is 6.08. The number of nitrogens with one attached hydrogen (secondary N) is 1. The van der Waals surface area contributed by atoms with Crippen LogP contribution in [-0.2, 0) is 4.79 Å². The number of carbonyl (C=O) groups is 1. The molecule has 0 spiro atoms. The summed E-state index contributed by atoms with van der Waals surface area (Å²) in [6.45, 7) is 2.01. The number of hydrogen-bond donors (Lipinski definition) is 2. The van der Waals surface area contributed by atoms with Crippen LogP contribution in [0.4, 0.5) is 5.95 Å². The first-order valence-corrected chi connectivity index (χ1v) is 6.27. The molecule has 19 heavy (non-hydrogen) atoms. The lowest BCUT2D eigenvalue weighted by Gasteiger charge is -2.15. The fourth-order valence-corrected chi connectivity index (χ4v) is 1.91. The van der Waals surface area contributed by atoms with Gasteiger partial charge >= 0.3 is 5.97 Å². The quantitative estimate of drug-likeness (QED) is 0.826. The molecular formula is C13H16N4O2. The second-order valence-electron chi connectivity index (χ2n) is 4.35. The summed E-state index contributed by atoms with van der Waals surface area (Å²) in [5, 5.41) is 19.9. The predicted molar refractivity (Wildman–Crippen MR) is 71.9 cm³/mol. The van der Waals surface area contributed by atoms with Gasteiger partial charge in [0.1, 0.15) is 5.52 Å². The van der Waals surface area contributed by atoms with Crippen LogP contribution in [0.3, 0.4) is 0 Å². The molecule has 0 fully saturated rings. The van der Waals surface area contributed by atoms with Gasteiger partial charge in [0.25, 0.3) is 0 Å². The number of fused-ring (bicyclic) bond motifs is 1. The third-order valence-corrected chi connectivity index (χ3v) is 2.75. The average Bonchev–Trinajstić information content (AvgIpc) is 2.38. The van der Waals surface area contributed by atoms with Crippen molar-refractivity contribution in [1.82, 2.24) is 15.2 Å². The number of para-hydroxylation sites is 1. The van der Waals surface area contributed by atoms with E-state index in [1.807, 2.05) is 31.2 Å². The first-order chi connectivity index (χ1) is 9.19. The van der Waals surface area contributed by atoms with Gasteiger partial charge in [-0.1, -0.05) is 25.5 Å². The largest absolute Gasteiger partial charge is 0.481 e. The van der Waals surface area contributed by atoms with Crippen molar-refractivity contribution in [2.24, 2.45) is 0 Å². The van der Waals surface area contributed by atoms with Crippen molar-refractivity contribution >= 4 is 23.0 Å². The molecule has 0 radical (unpaired) electrons. The molecule has 2 N–H and O–H groups in total. The van der Waals surface area contributed by atoms with Crippen LogP contribution in [0.1, 0.15) is 26.2 Å². The van der Waals surface area contributed by atoms with E-state index < -0.39 is 5.97 Å². The Morgan fingerprint density at radius 1 is 1.32 bits per heavy atom. The van der Waals surface area contributed by atoms with Gasteiger partial charge in [-0.15, -0.1) is 10.2 Å². The summed E-state index contributed by atoms with van der Waals surface area (Å²) in [5.74, 6) is -0.460. The van der Waals surface area contributed by atoms with E-state index in [9.17, 15) is 4.79 Å². The molecule has 1 unspecified atom stereocenters. The van der Waals surface area contributed by atoms with Crippen molar-refractivity contribution in [2.75, 3.05) is 5.32 Å². The summed E-state index contributed by atoms with van der Waals surface area (Å²) in [6, 6.07) is 7.25.